The Morgan fingerprint density at radius 1 is 1.52 bits per heavy atom. The van der Waals surface area contributed by atoms with E-state index in [1.54, 1.807) is 31.2 Å². The lowest BCUT2D eigenvalue weighted by Crippen LogP contribution is -2.14. The number of aliphatic hydroxyl groups excluding tert-OH is 1. The van der Waals surface area contributed by atoms with Gasteiger partial charge >= 0.3 is 5.97 Å². The summed E-state index contributed by atoms with van der Waals surface area (Å²) in [6, 6.07) is 5.34. The summed E-state index contributed by atoms with van der Waals surface area (Å²) in [4.78, 5) is 13.4. The van der Waals surface area contributed by atoms with E-state index in [0.29, 0.717) is 17.4 Å². The van der Waals surface area contributed by atoms with E-state index in [4.69, 9.17) is 21.1 Å². The van der Waals surface area contributed by atoms with Crippen LogP contribution in [0.2, 0.25) is 5.02 Å². The van der Waals surface area contributed by atoms with E-state index in [-0.39, 0.29) is 17.2 Å². The number of carbonyl (C=O) groups is 1. The zero-order valence-electron chi connectivity index (χ0n) is 12.4. The van der Waals surface area contributed by atoms with E-state index in [1.165, 1.54) is 11.8 Å². The van der Waals surface area contributed by atoms with Crippen LogP contribution in [0.5, 0.6) is 5.75 Å². The highest BCUT2D eigenvalue weighted by Gasteiger charge is 2.14. The Kier molecular flexibility index (Phi) is 6.87. The van der Waals surface area contributed by atoms with Crippen molar-refractivity contribution in [2.24, 2.45) is 0 Å². The summed E-state index contributed by atoms with van der Waals surface area (Å²) < 4.78 is 10.1. The Morgan fingerprint density at radius 3 is 2.96 bits per heavy atom. The van der Waals surface area contributed by atoms with Crippen molar-refractivity contribution < 1.29 is 19.4 Å². The van der Waals surface area contributed by atoms with Crippen LogP contribution in [-0.2, 0) is 9.53 Å². The number of halogens is 2. The summed E-state index contributed by atoms with van der Waals surface area (Å²) in [5.74, 6) is 0.254. The van der Waals surface area contributed by atoms with E-state index in [2.05, 4.69) is 15.9 Å². The van der Waals surface area contributed by atoms with Crippen molar-refractivity contribution in [2.75, 3.05) is 13.2 Å². The van der Waals surface area contributed by atoms with Gasteiger partial charge in [0.15, 0.2) is 6.61 Å². The van der Waals surface area contributed by atoms with Crippen LogP contribution in [0.4, 0.5) is 0 Å². The van der Waals surface area contributed by atoms with Crippen LogP contribution in [0.15, 0.2) is 45.9 Å². The van der Waals surface area contributed by atoms with Gasteiger partial charge < -0.3 is 14.6 Å². The van der Waals surface area contributed by atoms with Gasteiger partial charge in [-0.3, -0.25) is 0 Å². The molecule has 2 rings (SSSR count). The van der Waals surface area contributed by atoms with Crippen LogP contribution in [0.3, 0.4) is 0 Å². The molecule has 0 heterocycles. The topological polar surface area (TPSA) is 55.8 Å². The summed E-state index contributed by atoms with van der Waals surface area (Å²) >= 11 is 11.2. The van der Waals surface area contributed by atoms with E-state index >= 15 is 0 Å². The van der Waals surface area contributed by atoms with E-state index in [1.807, 2.05) is 6.07 Å². The molecular weight excluding hydrogens is 404 g/mol. The number of thioether (sulfide) groups is 1. The third kappa shape index (κ3) is 5.79. The molecule has 0 bridgehead atoms. The van der Waals surface area contributed by atoms with Gasteiger partial charge in [-0.25, -0.2) is 4.79 Å². The molecule has 1 aromatic carbocycles. The van der Waals surface area contributed by atoms with Crippen LogP contribution in [-0.4, -0.2) is 29.1 Å². The van der Waals surface area contributed by atoms with E-state index in [9.17, 15) is 9.90 Å². The number of alkyl halides is 1. The highest BCUT2D eigenvalue weighted by atomic mass is 79.9. The highest BCUT2D eigenvalue weighted by Crippen LogP contribution is 2.37. The highest BCUT2D eigenvalue weighted by molar-refractivity contribution is 9.09. The van der Waals surface area contributed by atoms with Crippen molar-refractivity contribution in [1.29, 1.82) is 0 Å². The number of aliphatic hydroxyl groups is 1. The van der Waals surface area contributed by atoms with Crippen LogP contribution >= 0.6 is 39.3 Å². The Morgan fingerprint density at radius 2 is 2.30 bits per heavy atom. The van der Waals surface area contributed by atoms with Crippen LogP contribution < -0.4 is 4.74 Å². The van der Waals surface area contributed by atoms with Gasteiger partial charge in [-0.2, -0.15) is 0 Å². The molecule has 1 aliphatic rings. The molecule has 0 spiro atoms. The standard InChI is InChI=1S/C16H16BrClO4S/c1-2-21-16(20)9-22-15-4-3-12(8-14(15)18)23-13-6-10(17)5-11(19)7-13/h3-5,7-8,10,19H,2,6,9H2,1H3. The van der Waals surface area contributed by atoms with Gasteiger partial charge in [0, 0.05) is 9.72 Å². The monoisotopic (exact) mass is 418 g/mol. The maximum absolute atomic E-state index is 11.3. The van der Waals surface area contributed by atoms with Crippen molar-refractivity contribution >= 4 is 45.3 Å². The molecule has 0 radical (unpaired) electrons. The number of esters is 1. The number of allylic oxidation sites excluding steroid dienone is 3. The Balaban J connectivity index is 1.99. The normalized spacial score (nSPS) is 17.3. The molecule has 1 aliphatic carbocycles. The maximum atomic E-state index is 11.3. The number of benzene rings is 1. The molecule has 0 saturated heterocycles. The first-order valence-electron chi connectivity index (χ1n) is 6.99. The molecule has 0 aliphatic heterocycles. The number of rotatable bonds is 6. The van der Waals surface area contributed by atoms with Gasteiger partial charge in [0.05, 0.1) is 11.6 Å². The zero-order valence-corrected chi connectivity index (χ0v) is 15.6. The molecule has 0 amide bonds. The average Bonchev–Trinajstić information content (AvgIpc) is 2.45. The lowest BCUT2D eigenvalue weighted by atomic mass is 10.2. The SMILES string of the molecule is CCOC(=O)COc1ccc(SC2=CC(O)=CC(Br)C2)cc1Cl. The van der Waals surface area contributed by atoms with Gasteiger partial charge in [0.25, 0.3) is 0 Å². The van der Waals surface area contributed by atoms with Gasteiger partial charge in [-0.05, 0) is 48.6 Å². The second kappa shape index (κ2) is 8.66. The summed E-state index contributed by atoms with van der Waals surface area (Å²) in [5.41, 5.74) is 0. The predicted octanol–water partition coefficient (Wildman–Crippen LogP) is 4.87. The molecule has 0 saturated carbocycles. The molecule has 7 heteroatoms. The van der Waals surface area contributed by atoms with Crippen LogP contribution in [0.1, 0.15) is 13.3 Å². The minimum atomic E-state index is -0.431. The number of hydrogen-bond donors (Lipinski definition) is 1. The zero-order chi connectivity index (χ0) is 16.8. The fourth-order valence-electron chi connectivity index (χ4n) is 1.93. The van der Waals surface area contributed by atoms with Crippen molar-refractivity contribution in [2.45, 2.75) is 23.1 Å². The smallest absolute Gasteiger partial charge is 0.344 e. The summed E-state index contributed by atoms with van der Waals surface area (Å²) in [5, 5.41) is 10.1. The third-order valence-corrected chi connectivity index (χ3v) is 4.78. The lowest BCUT2D eigenvalue weighted by Gasteiger charge is -2.15. The molecule has 0 aromatic heterocycles. The van der Waals surface area contributed by atoms with Gasteiger partial charge in [0.2, 0.25) is 0 Å². The van der Waals surface area contributed by atoms with Crippen molar-refractivity contribution in [1.82, 2.24) is 0 Å². The van der Waals surface area contributed by atoms with Crippen molar-refractivity contribution in [3.8, 4) is 5.75 Å². The average molecular weight is 420 g/mol. The molecule has 1 unspecified atom stereocenters. The minimum absolute atomic E-state index is 0.123. The Bertz CT molecular complexity index is 645. The molecular formula is C16H16BrClO4S. The molecule has 124 valence electrons. The third-order valence-electron chi connectivity index (χ3n) is 2.86. The minimum Gasteiger partial charge on any atom is -0.508 e. The van der Waals surface area contributed by atoms with Gasteiger partial charge in [-0.15, -0.1) is 0 Å². The first-order chi connectivity index (χ1) is 11.0. The van der Waals surface area contributed by atoms with Gasteiger partial charge in [0.1, 0.15) is 11.5 Å². The van der Waals surface area contributed by atoms with Crippen LogP contribution in [0.25, 0.3) is 0 Å². The summed E-state index contributed by atoms with van der Waals surface area (Å²) in [6.07, 6.45) is 4.29. The first kappa shape index (κ1) is 18.2. The molecule has 23 heavy (non-hydrogen) atoms. The van der Waals surface area contributed by atoms with Gasteiger partial charge in [-0.1, -0.05) is 39.3 Å². The molecule has 4 nitrogen and oxygen atoms in total. The Labute approximate surface area is 152 Å². The second-order valence-electron chi connectivity index (χ2n) is 4.71. The number of hydrogen-bond acceptors (Lipinski definition) is 5. The molecule has 1 N–H and O–H groups in total. The fraction of sp³-hybridized carbons (Fsp3) is 0.312. The summed E-state index contributed by atoms with van der Waals surface area (Å²) in [6.45, 7) is 1.88. The summed E-state index contributed by atoms with van der Waals surface area (Å²) in [7, 11) is 0. The molecule has 0 fully saturated rings. The Hall–Kier alpha value is -1.11. The largest absolute Gasteiger partial charge is 0.508 e. The van der Waals surface area contributed by atoms with E-state index < -0.39 is 5.97 Å². The van der Waals surface area contributed by atoms with Crippen LogP contribution in [0, 0.1) is 0 Å². The predicted molar refractivity (Wildman–Crippen MR) is 95.6 cm³/mol. The molecule has 1 aromatic rings. The molecule has 1 atom stereocenters. The number of ether oxygens (including phenoxy) is 2. The maximum Gasteiger partial charge on any atom is 0.344 e. The number of carbonyl (C=O) groups excluding carboxylic acids is 1. The quantitative estimate of drug-likeness (QED) is 0.527. The van der Waals surface area contributed by atoms with Crippen molar-refractivity contribution in [3.05, 3.63) is 46.0 Å². The van der Waals surface area contributed by atoms with Crippen molar-refractivity contribution in [3.63, 3.8) is 0 Å². The first-order valence-corrected chi connectivity index (χ1v) is 9.10. The lowest BCUT2D eigenvalue weighted by molar-refractivity contribution is -0.145. The fourth-order valence-corrected chi connectivity index (χ4v) is 4.12. The second-order valence-corrected chi connectivity index (χ2v) is 7.49. The van der Waals surface area contributed by atoms with E-state index in [0.717, 1.165) is 16.2 Å².